The van der Waals surface area contributed by atoms with Crippen LogP contribution in [0, 0.1) is 0 Å². The van der Waals surface area contributed by atoms with Gasteiger partial charge in [0, 0.05) is 12.4 Å². The lowest BCUT2D eigenvalue weighted by atomic mass is 10.3. The summed E-state index contributed by atoms with van der Waals surface area (Å²) in [6.07, 6.45) is 4.66. The van der Waals surface area contributed by atoms with E-state index in [2.05, 4.69) is 25.9 Å². The van der Waals surface area contributed by atoms with E-state index in [0.717, 1.165) is 4.47 Å². The Hall–Kier alpha value is -1.62. The van der Waals surface area contributed by atoms with Gasteiger partial charge in [-0.25, -0.2) is 4.98 Å². The summed E-state index contributed by atoms with van der Waals surface area (Å²) in [6.45, 7) is 0. The number of hydrogen-bond acceptors (Lipinski definition) is 4. The standard InChI is InChI=1S/C10H8BrN3O/c11-7-2-1-3-8(12)10(7)15-9-6-13-4-5-14-9/h1-6H,12H2. The normalized spacial score (nSPS) is 9.93. The highest BCUT2D eigenvalue weighted by Crippen LogP contribution is 2.33. The van der Waals surface area contributed by atoms with Crippen LogP contribution in [0.25, 0.3) is 0 Å². The molecule has 15 heavy (non-hydrogen) atoms. The number of nitrogens with zero attached hydrogens (tertiary/aromatic N) is 2. The molecule has 76 valence electrons. The van der Waals surface area contributed by atoms with Crippen molar-refractivity contribution in [2.45, 2.75) is 0 Å². The maximum absolute atomic E-state index is 5.77. The number of benzene rings is 1. The smallest absolute Gasteiger partial charge is 0.237 e. The molecule has 0 aliphatic carbocycles. The molecule has 2 N–H and O–H groups in total. The van der Waals surface area contributed by atoms with Gasteiger partial charge in [-0.2, -0.15) is 0 Å². The quantitative estimate of drug-likeness (QED) is 0.849. The molecule has 0 saturated heterocycles. The molecule has 0 bridgehead atoms. The Morgan fingerprint density at radius 3 is 2.80 bits per heavy atom. The fourth-order valence-corrected chi connectivity index (χ4v) is 1.54. The third-order valence-electron chi connectivity index (χ3n) is 1.74. The molecule has 2 rings (SSSR count). The Bertz CT molecular complexity index is 441. The van der Waals surface area contributed by atoms with E-state index in [4.69, 9.17) is 10.5 Å². The summed E-state index contributed by atoms with van der Waals surface area (Å²) in [5.74, 6) is 0.967. The minimum atomic E-state index is 0.413. The predicted octanol–water partition coefficient (Wildman–Crippen LogP) is 2.61. The third kappa shape index (κ3) is 2.24. The van der Waals surface area contributed by atoms with Gasteiger partial charge in [0.1, 0.15) is 0 Å². The van der Waals surface area contributed by atoms with Crippen LogP contribution in [0.15, 0.2) is 41.3 Å². The average Bonchev–Trinajstić information content (AvgIpc) is 2.25. The number of aromatic nitrogens is 2. The van der Waals surface area contributed by atoms with Crippen LogP contribution >= 0.6 is 15.9 Å². The highest BCUT2D eigenvalue weighted by atomic mass is 79.9. The largest absolute Gasteiger partial charge is 0.434 e. The third-order valence-corrected chi connectivity index (χ3v) is 2.37. The lowest BCUT2D eigenvalue weighted by Crippen LogP contribution is -1.94. The summed E-state index contributed by atoms with van der Waals surface area (Å²) in [6, 6.07) is 5.45. The average molecular weight is 266 g/mol. The Labute approximate surface area is 95.2 Å². The SMILES string of the molecule is Nc1cccc(Br)c1Oc1cnccn1. The van der Waals surface area contributed by atoms with Crippen molar-refractivity contribution >= 4 is 21.6 Å². The molecule has 0 unspecified atom stereocenters. The van der Waals surface area contributed by atoms with Gasteiger partial charge >= 0.3 is 0 Å². The van der Waals surface area contributed by atoms with Crippen molar-refractivity contribution < 1.29 is 4.74 Å². The van der Waals surface area contributed by atoms with Gasteiger partial charge in [-0.3, -0.25) is 4.98 Å². The topological polar surface area (TPSA) is 61.0 Å². The summed E-state index contributed by atoms with van der Waals surface area (Å²) in [5, 5.41) is 0. The van der Waals surface area contributed by atoms with E-state index in [-0.39, 0.29) is 0 Å². The first-order valence-electron chi connectivity index (χ1n) is 4.25. The molecule has 1 aromatic heterocycles. The van der Waals surface area contributed by atoms with E-state index < -0.39 is 0 Å². The van der Waals surface area contributed by atoms with Crippen molar-refractivity contribution in [2.24, 2.45) is 0 Å². The number of rotatable bonds is 2. The molecule has 0 radical (unpaired) electrons. The minimum absolute atomic E-state index is 0.413. The molecule has 0 saturated carbocycles. The number of nitrogens with two attached hydrogens (primary N) is 1. The molecular formula is C10H8BrN3O. The van der Waals surface area contributed by atoms with Gasteiger partial charge in [-0.15, -0.1) is 0 Å². The number of hydrogen-bond donors (Lipinski definition) is 1. The van der Waals surface area contributed by atoms with Crippen LogP contribution in [-0.4, -0.2) is 9.97 Å². The first kappa shape index (κ1) is 9.92. The second-order valence-electron chi connectivity index (χ2n) is 2.80. The fourth-order valence-electron chi connectivity index (χ4n) is 1.08. The van der Waals surface area contributed by atoms with Crippen molar-refractivity contribution in [1.29, 1.82) is 0 Å². The van der Waals surface area contributed by atoms with Crippen LogP contribution in [0.2, 0.25) is 0 Å². The van der Waals surface area contributed by atoms with Gasteiger partial charge in [0.2, 0.25) is 5.88 Å². The molecule has 0 spiro atoms. The Morgan fingerprint density at radius 2 is 2.13 bits per heavy atom. The van der Waals surface area contributed by atoms with Crippen molar-refractivity contribution in [1.82, 2.24) is 9.97 Å². The molecule has 1 heterocycles. The highest BCUT2D eigenvalue weighted by molar-refractivity contribution is 9.10. The number of nitrogen functional groups attached to an aromatic ring is 1. The monoisotopic (exact) mass is 265 g/mol. The lowest BCUT2D eigenvalue weighted by Gasteiger charge is -2.08. The van der Waals surface area contributed by atoms with Gasteiger partial charge in [-0.1, -0.05) is 6.07 Å². The van der Waals surface area contributed by atoms with Gasteiger partial charge in [0.25, 0.3) is 0 Å². The number of halogens is 1. The van der Waals surface area contributed by atoms with Crippen LogP contribution in [0.4, 0.5) is 5.69 Å². The second kappa shape index (κ2) is 4.27. The Balaban J connectivity index is 2.32. The zero-order valence-electron chi connectivity index (χ0n) is 7.72. The molecular weight excluding hydrogens is 258 g/mol. The van der Waals surface area contributed by atoms with Crippen LogP contribution in [0.5, 0.6) is 11.6 Å². The fraction of sp³-hybridized carbons (Fsp3) is 0. The van der Waals surface area contributed by atoms with E-state index in [0.29, 0.717) is 17.3 Å². The molecule has 0 atom stereocenters. The number of ether oxygens (including phenoxy) is 1. The zero-order chi connectivity index (χ0) is 10.7. The van der Waals surface area contributed by atoms with Crippen molar-refractivity contribution in [3.63, 3.8) is 0 Å². The summed E-state index contributed by atoms with van der Waals surface area (Å²) in [5.41, 5.74) is 6.32. The van der Waals surface area contributed by atoms with E-state index in [9.17, 15) is 0 Å². The van der Waals surface area contributed by atoms with Crippen LogP contribution in [-0.2, 0) is 0 Å². The number of para-hydroxylation sites is 1. The summed E-state index contributed by atoms with van der Waals surface area (Å²) in [4.78, 5) is 7.89. The lowest BCUT2D eigenvalue weighted by molar-refractivity contribution is 0.459. The van der Waals surface area contributed by atoms with Crippen molar-refractivity contribution in [2.75, 3.05) is 5.73 Å². The number of anilines is 1. The summed E-state index contributed by atoms with van der Waals surface area (Å²) >= 11 is 3.35. The molecule has 0 aliphatic heterocycles. The Kier molecular flexibility index (Phi) is 2.82. The molecule has 4 nitrogen and oxygen atoms in total. The summed E-state index contributed by atoms with van der Waals surface area (Å²) in [7, 11) is 0. The van der Waals surface area contributed by atoms with E-state index in [1.807, 2.05) is 12.1 Å². The first-order chi connectivity index (χ1) is 7.27. The van der Waals surface area contributed by atoms with Gasteiger partial charge in [0.15, 0.2) is 5.75 Å². The molecule has 0 amide bonds. The van der Waals surface area contributed by atoms with Gasteiger partial charge < -0.3 is 10.5 Å². The van der Waals surface area contributed by atoms with Crippen molar-refractivity contribution in [3.05, 3.63) is 41.3 Å². The van der Waals surface area contributed by atoms with Crippen molar-refractivity contribution in [3.8, 4) is 11.6 Å². The maximum Gasteiger partial charge on any atom is 0.237 e. The molecule has 5 heteroatoms. The van der Waals surface area contributed by atoms with Gasteiger partial charge in [0.05, 0.1) is 16.4 Å². The highest BCUT2D eigenvalue weighted by Gasteiger charge is 2.06. The van der Waals surface area contributed by atoms with E-state index in [1.165, 1.54) is 6.20 Å². The Morgan fingerprint density at radius 1 is 1.27 bits per heavy atom. The van der Waals surface area contributed by atoms with Crippen LogP contribution in [0.3, 0.4) is 0 Å². The molecule has 0 aliphatic rings. The van der Waals surface area contributed by atoms with Gasteiger partial charge in [-0.05, 0) is 28.1 Å². The first-order valence-corrected chi connectivity index (χ1v) is 5.04. The molecule has 2 aromatic rings. The minimum Gasteiger partial charge on any atom is -0.434 e. The second-order valence-corrected chi connectivity index (χ2v) is 3.66. The molecule has 1 aromatic carbocycles. The maximum atomic E-state index is 5.77. The summed E-state index contributed by atoms with van der Waals surface area (Å²) < 4.78 is 6.28. The van der Waals surface area contributed by atoms with Crippen LogP contribution < -0.4 is 10.5 Å². The van der Waals surface area contributed by atoms with E-state index >= 15 is 0 Å². The molecule has 0 fully saturated rings. The van der Waals surface area contributed by atoms with Crippen LogP contribution in [0.1, 0.15) is 0 Å². The van der Waals surface area contributed by atoms with E-state index in [1.54, 1.807) is 18.5 Å². The zero-order valence-corrected chi connectivity index (χ0v) is 9.31. The predicted molar refractivity (Wildman–Crippen MR) is 60.7 cm³/mol.